The van der Waals surface area contributed by atoms with Crippen molar-refractivity contribution in [3.63, 3.8) is 0 Å². The van der Waals surface area contributed by atoms with Gasteiger partial charge in [-0.1, -0.05) is 50.3 Å². The fourth-order valence-corrected chi connectivity index (χ4v) is 1.99. The van der Waals surface area contributed by atoms with Crippen molar-refractivity contribution in [1.82, 2.24) is 0 Å². The summed E-state index contributed by atoms with van der Waals surface area (Å²) in [6, 6.07) is 10.0. The van der Waals surface area contributed by atoms with E-state index in [4.69, 9.17) is 9.47 Å². The van der Waals surface area contributed by atoms with Crippen molar-refractivity contribution in [2.75, 3.05) is 6.79 Å². The number of hydrogen-bond acceptors (Lipinski definition) is 3. The van der Waals surface area contributed by atoms with Crippen molar-refractivity contribution in [3.05, 3.63) is 47.5 Å². The number of benzene rings is 1. The van der Waals surface area contributed by atoms with Gasteiger partial charge in [-0.25, -0.2) is 0 Å². The molecule has 1 aromatic carbocycles. The zero-order valence-electron chi connectivity index (χ0n) is 13.2. The molecule has 0 unspecified atom stereocenters. The highest BCUT2D eigenvalue weighted by Gasteiger charge is 2.09. The summed E-state index contributed by atoms with van der Waals surface area (Å²) in [7, 11) is 0. The Morgan fingerprint density at radius 1 is 1.29 bits per heavy atom. The maximum Gasteiger partial charge on any atom is 0.147 e. The molecule has 0 aliphatic rings. The second-order valence-electron chi connectivity index (χ2n) is 5.31. The standard InChI is InChI=1S/C18H26O3/c1-4-18(16(3)11-10-15(2)12-19)21-14-20-13-17-8-6-5-7-9-17/h5-9,11-12,15,18H,4,10,13-14H2,1-3H3/b16-11+/t15-,18+/m1/s1. The first-order valence-electron chi connectivity index (χ1n) is 7.52. The minimum absolute atomic E-state index is 0.0552. The Labute approximate surface area is 128 Å². The third-order valence-electron chi connectivity index (χ3n) is 3.39. The molecule has 1 rings (SSSR count). The van der Waals surface area contributed by atoms with Crippen LogP contribution in [0.1, 0.15) is 39.2 Å². The Morgan fingerprint density at radius 3 is 2.62 bits per heavy atom. The number of ether oxygens (including phenoxy) is 2. The van der Waals surface area contributed by atoms with E-state index >= 15 is 0 Å². The zero-order chi connectivity index (χ0) is 15.5. The lowest BCUT2D eigenvalue weighted by Crippen LogP contribution is -2.16. The first kappa shape index (κ1) is 17.6. The minimum atomic E-state index is 0.0552. The Morgan fingerprint density at radius 2 is 2.00 bits per heavy atom. The van der Waals surface area contributed by atoms with E-state index in [1.807, 2.05) is 44.2 Å². The molecular formula is C18H26O3. The van der Waals surface area contributed by atoms with Gasteiger partial charge in [-0.2, -0.15) is 0 Å². The van der Waals surface area contributed by atoms with Crippen LogP contribution in [0, 0.1) is 5.92 Å². The largest absolute Gasteiger partial charge is 0.351 e. The summed E-state index contributed by atoms with van der Waals surface area (Å²) in [6.07, 6.45) is 4.78. The van der Waals surface area contributed by atoms with E-state index in [1.165, 1.54) is 0 Å². The third-order valence-corrected chi connectivity index (χ3v) is 3.39. The Kier molecular flexibility index (Phi) is 8.63. The van der Waals surface area contributed by atoms with Gasteiger partial charge in [0.05, 0.1) is 12.7 Å². The molecule has 21 heavy (non-hydrogen) atoms. The minimum Gasteiger partial charge on any atom is -0.351 e. The van der Waals surface area contributed by atoms with Crippen LogP contribution in [0.5, 0.6) is 0 Å². The lowest BCUT2D eigenvalue weighted by Gasteiger charge is -2.17. The topological polar surface area (TPSA) is 35.5 Å². The van der Waals surface area contributed by atoms with Gasteiger partial charge in [0.15, 0.2) is 0 Å². The molecule has 0 aliphatic carbocycles. The summed E-state index contributed by atoms with van der Waals surface area (Å²) in [5.74, 6) is 0.0618. The molecule has 0 aliphatic heterocycles. The van der Waals surface area contributed by atoms with Crippen molar-refractivity contribution in [2.45, 2.75) is 46.3 Å². The monoisotopic (exact) mass is 290 g/mol. The van der Waals surface area contributed by atoms with Gasteiger partial charge in [-0.15, -0.1) is 0 Å². The van der Waals surface area contributed by atoms with Crippen molar-refractivity contribution in [2.24, 2.45) is 5.92 Å². The van der Waals surface area contributed by atoms with Crippen LogP contribution in [-0.2, 0) is 20.9 Å². The molecular weight excluding hydrogens is 264 g/mol. The van der Waals surface area contributed by atoms with E-state index in [9.17, 15) is 4.79 Å². The fraction of sp³-hybridized carbons (Fsp3) is 0.500. The SMILES string of the molecule is CC[C@H](OCOCc1ccccc1)/C(C)=C/C[C@@H](C)C=O. The second kappa shape index (κ2) is 10.3. The lowest BCUT2D eigenvalue weighted by atomic mass is 10.0. The van der Waals surface area contributed by atoms with Gasteiger partial charge >= 0.3 is 0 Å². The van der Waals surface area contributed by atoms with E-state index < -0.39 is 0 Å². The van der Waals surface area contributed by atoms with E-state index in [0.717, 1.165) is 30.3 Å². The maximum atomic E-state index is 10.6. The van der Waals surface area contributed by atoms with Crippen LogP contribution in [0.4, 0.5) is 0 Å². The van der Waals surface area contributed by atoms with Gasteiger partial charge in [0.2, 0.25) is 0 Å². The predicted octanol–water partition coefficient (Wildman–Crippen LogP) is 4.13. The van der Waals surface area contributed by atoms with Crippen LogP contribution in [0.25, 0.3) is 0 Å². The summed E-state index contributed by atoms with van der Waals surface area (Å²) in [5, 5.41) is 0. The summed E-state index contributed by atoms with van der Waals surface area (Å²) in [6.45, 7) is 6.89. The second-order valence-corrected chi connectivity index (χ2v) is 5.31. The van der Waals surface area contributed by atoms with Crippen LogP contribution < -0.4 is 0 Å². The van der Waals surface area contributed by atoms with Gasteiger partial charge in [0, 0.05) is 5.92 Å². The van der Waals surface area contributed by atoms with Crippen LogP contribution in [0.3, 0.4) is 0 Å². The zero-order valence-corrected chi connectivity index (χ0v) is 13.2. The van der Waals surface area contributed by atoms with E-state index in [-0.39, 0.29) is 18.8 Å². The average Bonchev–Trinajstić information content (AvgIpc) is 2.53. The van der Waals surface area contributed by atoms with Gasteiger partial charge in [-0.05, 0) is 30.9 Å². The fourth-order valence-electron chi connectivity index (χ4n) is 1.99. The van der Waals surface area contributed by atoms with Crippen molar-refractivity contribution in [1.29, 1.82) is 0 Å². The maximum absolute atomic E-state index is 10.6. The third kappa shape index (κ3) is 7.21. The molecule has 0 N–H and O–H groups in total. The van der Waals surface area contributed by atoms with Crippen molar-refractivity contribution < 1.29 is 14.3 Å². The number of carbonyl (C=O) groups excluding carboxylic acids is 1. The summed E-state index contributed by atoms with van der Waals surface area (Å²) in [5.41, 5.74) is 2.30. The molecule has 0 amide bonds. The number of allylic oxidation sites excluding steroid dienone is 1. The van der Waals surface area contributed by atoms with E-state index in [0.29, 0.717) is 6.61 Å². The quantitative estimate of drug-likeness (QED) is 0.281. The highest BCUT2D eigenvalue weighted by molar-refractivity contribution is 5.53. The highest BCUT2D eigenvalue weighted by atomic mass is 16.7. The molecule has 0 spiro atoms. The Bertz CT molecular complexity index is 425. The number of hydrogen-bond donors (Lipinski definition) is 0. The number of carbonyl (C=O) groups is 1. The lowest BCUT2D eigenvalue weighted by molar-refractivity contribution is -0.110. The molecule has 2 atom stereocenters. The molecule has 0 bridgehead atoms. The number of aldehydes is 1. The van der Waals surface area contributed by atoms with Crippen molar-refractivity contribution in [3.8, 4) is 0 Å². The van der Waals surface area contributed by atoms with E-state index in [1.54, 1.807) is 0 Å². The van der Waals surface area contributed by atoms with Crippen LogP contribution in [-0.4, -0.2) is 19.2 Å². The van der Waals surface area contributed by atoms with Crippen LogP contribution in [0.15, 0.2) is 42.0 Å². The van der Waals surface area contributed by atoms with Crippen LogP contribution in [0.2, 0.25) is 0 Å². The van der Waals surface area contributed by atoms with E-state index in [2.05, 4.69) is 13.0 Å². The molecule has 0 saturated heterocycles. The summed E-state index contributed by atoms with van der Waals surface area (Å²) >= 11 is 0. The molecule has 0 heterocycles. The predicted molar refractivity (Wildman–Crippen MR) is 84.9 cm³/mol. The highest BCUT2D eigenvalue weighted by Crippen LogP contribution is 2.13. The van der Waals surface area contributed by atoms with Gasteiger partial charge in [-0.3, -0.25) is 0 Å². The summed E-state index contributed by atoms with van der Waals surface area (Å²) in [4.78, 5) is 10.6. The number of rotatable bonds is 10. The van der Waals surface area contributed by atoms with Gasteiger partial charge < -0.3 is 14.3 Å². The normalized spacial score (nSPS) is 14.7. The molecule has 0 saturated carbocycles. The Hall–Kier alpha value is -1.45. The van der Waals surface area contributed by atoms with Crippen molar-refractivity contribution >= 4 is 6.29 Å². The first-order chi connectivity index (χ1) is 10.2. The molecule has 3 nitrogen and oxygen atoms in total. The van der Waals surface area contributed by atoms with Gasteiger partial charge in [0.1, 0.15) is 13.1 Å². The Balaban J connectivity index is 2.31. The summed E-state index contributed by atoms with van der Waals surface area (Å²) < 4.78 is 11.3. The first-order valence-corrected chi connectivity index (χ1v) is 7.52. The van der Waals surface area contributed by atoms with Crippen LogP contribution >= 0.6 is 0 Å². The molecule has 1 aromatic rings. The molecule has 0 aromatic heterocycles. The van der Waals surface area contributed by atoms with Gasteiger partial charge in [0.25, 0.3) is 0 Å². The molecule has 0 fully saturated rings. The molecule has 3 heteroatoms. The smallest absolute Gasteiger partial charge is 0.147 e. The molecule has 0 radical (unpaired) electrons. The average molecular weight is 290 g/mol. The molecule has 116 valence electrons.